The van der Waals surface area contributed by atoms with Gasteiger partial charge in [0.05, 0.1) is 0 Å². The molecule has 2 aromatic rings. The SMILES string of the molecule is O=C(Cl)c1cccc(C(c2cccc(C(=O)Cl)c2)(C(F)(F)F)C(F)(F)F)c1. The van der Waals surface area contributed by atoms with Gasteiger partial charge in [0.25, 0.3) is 10.5 Å². The lowest BCUT2D eigenvalue weighted by Crippen LogP contribution is -2.54. The predicted molar refractivity (Wildman–Crippen MR) is 86.1 cm³/mol. The minimum absolute atomic E-state index is 0.422. The average molecular weight is 429 g/mol. The van der Waals surface area contributed by atoms with E-state index < -0.39 is 50.5 Å². The van der Waals surface area contributed by atoms with Crippen molar-refractivity contribution < 1.29 is 35.9 Å². The average Bonchev–Trinajstić information content (AvgIpc) is 2.53. The third-order valence-corrected chi connectivity index (χ3v) is 4.33. The molecule has 0 heterocycles. The van der Waals surface area contributed by atoms with Crippen molar-refractivity contribution >= 4 is 33.7 Å². The first-order chi connectivity index (χ1) is 12.3. The summed E-state index contributed by atoms with van der Waals surface area (Å²) in [4.78, 5) is 22.5. The Morgan fingerprint density at radius 3 is 1.26 bits per heavy atom. The first-order valence-electron chi connectivity index (χ1n) is 7.06. The lowest BCUT2D eigenvalue weighted by molar-refractivity contribution is -0.288. The quantitative estimate of drug-likeness (QED) is 0.451. The molecule has 0 bridgehead atoms. The van der Waals surface area contributed by atoms with Crippen molar-refractivity contribution in [1.82, 2.24) is 0 Å². The molecule has 2 aromatic carbocycles. The van der Waals surface area contributed by atoms with Crippen molar-refractivity contribution in [2.75, 3.05) is 0 Å². The zero-order valence-corrected chi connectivity index (χ0v) is 14.5. The van der Waals surface area contributed by atoms with Gasteiger partial charge in [-0.15, -0.1) is 0 Å². The first kappa shape index (κ1) is 21.2. The number of alkyl halides is 6. The van der Waals surface area contributed by atoms with E-state index in [9.17, 15) is 35.9 Å². The topological polar surface area (TPSA) is 34.1 Å². The Bertz CT molecular complexity index is 816. The Labute approximate surface area is 158 Å². The van der Waals surface area contributed by atoms with Crippen molar-refractivity contribution in [2.24, 2.45) is 0 Å². The van der Waals surface area contributed by atoms with Crippen LogP contribution in [-0.2, 0) is 5.41 Å². The fraction of sp³-hybridized carbons (Fsp3) is 0.176. The van der Waals surface area contributed by atoms with E-state index >= 15 is 0 Å². The van der Waals surface area contributed by atoms with E-state index in [0.717, 1.165) is 24.3 Å². The maximum Gasteiger partial charge on any atom is 0.411 e. The molecule has 0 aliphatic rings. The molecular weight excluding hydrogens is 421 g/mol. The molecule has 2 rings (SSSR count). The lowest BCUT2D eigenvalue weighted by Gasteiger charge is -2.38. The van der Waals surface area contributed by atoms with Crippen LogP contribution in [0.3, 0.4) is 0 Å². The van der Waals surface area contributed by atoms with Crippen LogP contribution in [0.5, 0.6) is 0 Å². The zero-order chi connectivity index (χ0) is 20.6. The van der Waals surface area contributed by atoms with Crippen LogP contribution >= 0.6 is 23.2 Å². The van der Waals surface area contributed by atoms with E-state index in [0.29, 0.717) is 24.3 Å². The molecule has 0 aliphatic heterocycles. The lowest BCUT2D eigenvalue weighted by atomic mass is 9.72. The highest BCUT2D eigenvalue weighted by molar-refractivity contribution is 6.68. The van der Waals surface area contributed by atoms with Gasteiger partial charge in [-0.05, 0) is 46.5 Å². The van der Waals surface area contributed by atoms with Gasteiger partial charge in [0.15, 0.2) is 0 Å². The molecule has 0 radical (unpaired) electrons. The van der Waals surface area contributed by atoms with Crippen LogP contribution in [0.4, 0.5) is 26.3 Å². The van der Waals surface area contributed by atoms with Gasteiger partial charge in [-0.3, -0.25) is 9.59 Å². The van der Waals surface area contributed by atoms with Gasteiger partial charge in [0, 0.05) is 11.1 Å². The van der Waals surface area contributed by atoms with E-state index in [-0.39, 0.29) is 0 Å². The summed E-state index contributed by atoms with van der Waals surface area (Å²) in [5, 5.41) is -2.44. The van der Waals surface area contributed by atoms with Crippen LogP contribution < -0.4 is 0 Å². The fourth-order valence-electron chi connectivity index (χ4n) is 2.73. The number of rotatable bonds is 4. The summed E-state index contributed by atoms with van der Waals surface area (Å²) in [5.41, 5.74) is -8.14. The van der Waals surface area contributed by atoms with Crippen molar-refractivity contribution in [3.8, 4) is 0 Å². The Morgan fingerprint density at radius 1 is 0.667 bits per heavy atom. The highest BCUT2D eigenvalue weighted by atomic mass is 35.5. The van der Waals surface area contributed by atoms with Crippen molar-refractivity contribution in [3.63, 3.8) is 0 Å². The Balaban J connectivity index is 2.97. The van der Waals surface area contributed by atoms with Gasteiger partial charge in [0.2, 0.25) is 5.41 Å². The number of halogens is 8. The predicted octanol–water partition coefficient (Wildman–Crippen LogP) is 5.86. The van der Waals surface area contributed by atoms with Crippen molar-refractivity contribution in [1.29, 1.82) is 0 Å². The molecule has 0 aromatic heterocycles. The first-order valence-corrected chi connectivity index (χ1v) is 7.82. The molecule has 0 saturated heterocycles. The zero-order valence-electron chi connectivity index (χ0n) is 13.0. The molecule has 0 N–H and O–H groups in total. The molecule has 0 unspecified atom stereocenters. The maximum atomic E-state index is 14.0. The smallest absolute Gasteiger partial charge is 0.276 e. The van der Waals surface area contributed by atoms with Crippen LogP contribution in [0, 0.1) is 0 Å². The summed E-state index contributed by atoms with van der Waals surface area (Å²) in [7, 11) is 0. The second-order valence-electron chi connectivity index (χ2n) is 5.45. The van der Waals surface area contributed by atoms with Gasteiger partial charge in [-0.25, -0.2) is 0 Å². The molecule has 0 amide bonds. The highest BCUT2D eigenvalue weighted by Gasteiger charge is 2.72. The molecule has 10 heteroatoms. The number of carbonyl (C=O) groups excluding carboxylic acids is 2. The molecule has 0 saturated carbocycles. The van der Waals surface area contributed by atoms with Gasteiger partial charge in [-0.2, -0.15) is 26.3 Å². The Kier molecular flexibility index (Phi) is 5.64. The number of carbonyl (C=O) groups is 2. The minimum Gasteiger partial charge on any atom is -0.276 e. The van der Waals surface area contributed by atoms with E-state index in [4.69, 9.17) is 23.2 Å². The molecule has 0 atom stereocenters. The monoisotopic (exact) mass is 428 g/mol. The van der Waals surface area contributed by atoms with Crippen LogP contribution in [0.15, 0.2) is 48.5 Å². The Morgan fingerprint density at radius 2 is 1.00 bits per heavy atom. The van der Waals surface area contributed by atoms with Crippen LogP contribution in [0.2, 0.25) is 0 Å². The Hall–Kier alpha value is -2.06. The number of hydrogen-bond donors (Lipinski definition) is 0. The second kappa shape index (κ2) is 7.16. The summed E-state index contributed by atoms with van der Waals surface area (Å²) in [6.45, 7) is 0. The van der Waals surface area contributed by atoms with E-state index in [2.05, 4.69) is 0 Å². The molecule has 2 nitrogen and oxygen atoms in total. The van der Waals surface area contributed by atoms with Crippen molar-refractivity contribution in [3.05, 3.63) is 70.8 Å². The second-order valence-corrected chi connectivity index (χ2v) is 6.14. The third kappa shape index (κ3) is 3.68. The molecule has 0 fully saturated rings. The normalized spacial score (nSPS) is 12.7. The van der Waals surface area contributed by atoms with Gasteiger partial charge < -0.3 is 0 Å². The summed E-state index contributed by atoms with van der Waals surface area (Å²) in [6.07, 6.45) is -11.7. The molecule has 144 valence electrons. The summed E-state index contributed by atoms with van der Waals surface area (Å²) >= 11 is 10.4. The van der Waals surface area contributed by atoms with Crippen molar-refractivity contribution in [2.45, 2.75) is 17.8 Å². The van der Waals surface area contributed by atoms with Gasteiger partial charge in [-0.1, -0.05) is 36.4 Å². The number of hydrogen-bond acceptors (Lipinski definition) is 2. The summed E-state index contributed by atoms with van der Waals surface area (Å²) in [6, 6.07) is 5.68. The minimum atomic E-state index is -5.87. The van der Waals surface area contributed by atoms with Gasteiger partial charge in [0.1, 0.15) is 0 Å². The van der Waals surface area contributed by atoms with Crippen LogP contribution in [-0.4, -0.2) is 22.8 Å². The molecule has 27 heavy (non-hydrogen) atoms. The molecular formula is C17H8Cl2F6O2. The maximum absolute atomic E-state index is 14.0. The van der Waals surface area contributed by atoms with Gasteiger partial charge >= 0.3 is 12.4 Å². The summed E-state index contributed by atoms with van der Waals surface area (Å²) in [5.74, 6) is 0. The largest absolute Gasteiger partial charge is 0.411 e. The molecule has 0 aliphatic carbocycles. The van der Waals surface area contributed by atoms with E-state index in [1.165, 1.54) is 0 Å². The summed E-state index contributed by atoms with van der Waals surface area (Å²) < 4.78 is 83.7. The standard InChI is InChI=1S/C17H8Cl2F6O2/c18-13(26)9-3-1-5-11(7-9)15(16(20,21)22,17(23,24)25)12-6-2-4-10(8-12)14(19)27/h1-8H. The fourth-order valence-corrected chi connectivity index (χ4v) is 2.97. The number of benzene rings is 2. The molecule has 0 spiro atoms. The highest BCUT2D eigenvalue weighted by Crippen LogP contribution is 2.56. The van der Waals surface area contributed by atoms with Crippen LogP contribution in [0.1, 0.15) is 31.8 Å². The van der Waals surface area contributed by atoms with E-state index in [1.54, 1.807) is 0 Å². The third-order valence-electron chi connectivity index (χ3n) is 3.90. The van der Waals surface area contributed by atoms with Crippen LogP contribution in [0.25, 0.3) is 0 Å². The van der Waals surface area contributed by atoms with E-state index in [1.807, 2.05) is 0 Å².